The number of nitrogens with zero attached hydrogens (tertiary/aromatic N) is 3. The molecule has 4 rings (SSSR count). The van der Waals surface area contributed by atoms with Crippen LogP contribution in [0.15, 0.2) is 59.8 Å². The van der Waals surface area contributed by atoms with Crippen molar-refractivity contribution in [2.75, 3.05) is 10.7 Å². The maximum absolute atomic E-state index is 13.0. The molecule has 0 fully saturated rings. The number of nitrogens with one attached hydrogen (secondary N) is 2. The highest BCUT2D eigenvalue weighted by Gasteiger charge is 2.37. The Balaban J connectivity index is 1.67. The Bertz CT molecular complexity index is 923. The molecule has 2 atom stereocenters. The Morgan fingerprint density at radius 3 is 2.54 bits per heavy atom. The van der Waals surface area contributed by atoms with Crippen molar-refractivity contribution in [1.29, 1.82) is 0 Å². The average Bonchev–Trinajstić information content (AvgIpc) is 3.02. The first-order valence-corrected chi connectivity index (χ1v) is 9.27. The maximum atomic E-state index is 13.0. The third kappa shape index (κ3) is 3.17. The normalized spacial score (nSPS) is 18.7. The number of benzene rings is 2. The minimum atomic E-state index is -0.367. The number of thioether (sulfide) groups is 1. The number of aryl methyl sites for hydroxylation is 2. The predicted molar refractivity (Wildman–Crippen MR) is 103 cm³/mol. The van der Waals surface area contributed by atoms with E-state index in [1.807, 2.05) is 41.9 Å². The molecule has 0 radical (unpaired) electrons. The SMILES string of the molecule is Cc1ccc([C@@H]2Nn3c(C)nnc3S[C@@H]2C(=O)Nc2ccccc2)cc1. The molecule has 0 aliphatic carbocycles. The third-order valence-corrected chi connectivity index (χ3v) is 5.55. The van der Waals surface area contributed by atoms with Gasteiger partial charge in [-0.15, -0.1) is 10.2 Å². The molecule has 132 valence electrons. The molecular weight excluding hydrogens is 346 g/mol. The summed E-state index contributed by atoms with van der Waals surface area (Å²) in [6.07, 6.45) is 0. The van der Waals surface area contributed by atoms with Crippen LogP contribution in [0.2, 0.25) is 0 Å². The smallest absolute Gasteiger partial charge is 0.240 e. The molecule has 2 N–H and O–H groups in total. The molecule has 0 saturated heterocycles. The topological polar surface area (TPSA) is 71.8 Å². The van der Waals surface area contributed by atoms with Gasteiger partial charge in [0.05, 0.1) is 6.04 Å². The maximum Gasteiger partial charge on any atom is 0.240 e. The fourth-order valence-corrected chi connectivity index (χ4v) is 4.04. The third-order valence-electron chi connectivity index (χ3n) is 4.33. The first kappa shape index (κ1) is 16.7. The molecule has 0 bridgehead atoms. The number of amides is 1. The summed E-state index contributed by atoms with van der Waals surface area (Å²) in [6, 6.07) is 17.5. The second kappa shape index (κ2) is 6.84. The van der Waals surface area contributed by atoms with E-state index in [4.69, 9.17) is 0 Å². The molecule has 0 unspecified atom stereocenters. The largest absolute Gasteiger partial charge is 0.325 e. The highest BCUT2D eigenvalue weighted by molar-refractivity contribution is 8.00. The Hall–Kier alpha value is -2.80. The summed E-state index contributed by atoms with van der Waals surface area (Å²) in [7, 11) is 0. The second-order valence-electron chi connectivity index (χ2n) is 6.28. The standard InChI is InChI=1S/C19H19N5OS/c1-12-8-10-14(11-9-12)16-17(18(25)20-15-6-4-3-5-7-15)26-19-22-21-13(2)24(19)23-16/h3-11,16-17,23H,1-2H3,(H,20,25)/t16-,17-/m0/s1. The molecule has 26 heavy (non-hydrogen) atoms. The summed E-state index contributed by atoms with van der Waals surface area (Å²) < 4.78 is 1.85. The zero-order valence-corrected chi connectivity index (χ0v) is 15.3. The van der Waals surface area contributed by atoms with Crippen molar-refractivity contribution in [3.63, 3.8) is 0 Å². The predicted octanol–water partition coefficient (Wildman–Crippen LogP) is 3.29. The van der Waals surface area contributed by atoms with Crippen LogP contribution in [-0.4, -0.2) is 26.0 Å². The molecule has 2 aromatic carbocycles. The van der Waals surface area contributed by atoms with E-state index in [1.54, 1.807) is 0 Å². The quantitative estimate of drug-likeness (QED) is 0.745. The van der Waals surface area contributed by atoms with E-state index < -0.39 is 0 Å². The number of aromatic nitrogens is 3. The summed E-state index contributed by atoms with van der Waals surface area (Å²) in [6.45, 7) is 3.94. The monoisotopic (exact) mass is 365 g/mol. The van der Waals surface area contributed by atoms with Crippen LogP contribution in [-0.2, 0) is 4.79 Å². The molecule has 1 amide bonds. The molecule has 2 heterocycles. The molecule has 0 saturated carbocycles. The molecule has 7 heteroatoms. The Kier molecular flexibility index (Phi) is 4.38. The summed E-state index contributed by atoms with van der Waals surface area (Å²) in [5.41, 5.74) is 6.42. The van der Waals surface area contributed by atoms with E-state index in [0.717, 1.165) is 17.1 Å². The van der Waals surface area contributed by atoms with Crippen molar-refractivity contribution in [2.24, 2.45) is 0 Å². The lowest BCUT2D eigenvalue weighted by Gasteiger charge is -2.32. The molecule has 3 aromatic rings. The Morgan fingerprint density at radius 1 is 1.08 bits per heavy atom. The lowest BCUT2D eigenvalue weighted by atomic mass is 10.0. The number of carbonyl (C=O) groups excluding carboxylic acids is 1. The van der Waals surface area contributed by atoms with Crippen molar-refractivity contribution in [2.45, 2.75) is 30.3 Å². The fraction of sp³-hybridized carbons (Fsp3) is 0.211. The van der Waals surface area contributed by atoms with E-state index in [0.29, 0.717) is 5.16 Å². The fourth-order valence-electron chi connectivity index (χ4n) is 2.92. The van der Waals surface area contributed by atoms with E-state index in [2.05, 4.69) is 52.1 Å². The number of carbonyl (C=O) groups is 1. The van der Waals surface area contributed by atoms with E-state index in [1.165, 1.54) is 17.3 Å². The molecule has 1 aromatic heterocycles. The Labute approximate surface area is 156 Å². The van der Waals surface area contributed by atoms with Crippen LogP contribution >= 0.6 is 11.8 Å². The van der Waals surface area contributed by atoms with Crippen LogP contribution in [0.3, 0.4) is 0 Å². The van der Waals surface area contributed by atoms with Crippen molar-refractivity contribution in [3.8, 4) is 0 Å². The lowest BCUT2D eigenvalue weighted by Crippen LogP contribution is -2.41. The van der Waals surface area contributed by atoms with E-state index in [9.17, 15) is 4.79 Å². The van der Waals surface area contributed by atoms with Gasteiger partial charge >= 0.3 is 0 Å². The second-order valence-corrected chi connectivity index (χ2v) is 7.39. The van der Waals surface area contributed by atoms with Gasteiger partial charge in [0.25, 0.3) is 0 Å². The van der Waals surface area contributed by atoms with Gasteiger partial charge in [-0.05, 0) is 31.5 Å². The van der Waals surface area contributed by atoms with Crippen LogP contribution in [0.4, 0.5) is 5.69 Å². The Morgan fingerprint density at radius 2 is 1.81 bits per heavy atom. The number of fused-ring (bicyclic) bond motifs is 1. The molecule has 0 spiro atoms. The van der Waals surface area contributed by atoms with Gasteiger partial charge in [-0.3, -0.25) is 4.79 Å². The number of anilines is 1. The van der Waals surface area contributed by atoms with Crippen LogP contribution in [0, 0.1) is 13.8 Å². The van der Waals surface area contributed by atoms with Crippen LogP contribution in [0.5, 0.6) is 0 Å². The molecule has 1 aliphatic heterocycles. The van der Waals surface area contributed by atoms with Gasteiger partial charge < -0.3 is 10.7 Å². The summed E-state index contributed by atoms with van der Waals surface area (Å²) >= 11 is 1.43. The molecule has 1 aliphatic rings. The molecule has 6 nitrogen and oxygen atoms in total. The zero-order valence-electron chi connectivity index (χ0n) is 14.5. The highest BCUT2D eigenvalue weighted by Crippen LogP contribution is 2.37. The summed E-state index contributed by atoms with van der Waals surface area (Å²) in [5.74, 6) is 0.706. The summed E-state index contributed by atoms with van der Waals surface area (Å²) in [4.78, 5) is 13.0. The number of para-hydroxylation sites is 1. The van der Waals surface area contributed by atoms with Crippen LogP contribution < -0.4 is 10.7 Å². The number of rotatable bonds is 3. The lowest BCUT2D eigenvalue weighted by molar-refractivity contribution is -0.116. The first-order valence-electron chi connectivity index (χ1n) is 8.39. The molecular formula is C19H19N5OS. The summed E-state index contributed by atoms with van der Waals surface area (Å²) in [5, 5.41) is 11.6. The van der Waals surface area contributed by atoms with Crippen molar-refractivity contribution in [1.82, 2.24) is 14.9 Å². The van der Waals surface area contributed by atoms with Crippen molar-refractivity contribution < 1.29 is 4.79 Å². The van der Waals surface area contributed by atoms with Crippen molar-refractivity contribution >= 4 is 23.4 Å². The zero-order chi connectivity index (χ0) is 18.1. The van der Waals surface area contributed by atoms with Crippen LogP contribution in [0.25, 0.3) is 0 Å². The number of hydrogen-bond donors (Lipinski definition) is 2. The van der Waals surface area contributed by atoms with Gasteiger partial charge in [0, 0.05) is 5.69 Å². The van der Waals surface area contributed by atoms with Gasteiger partial charge in [0.1, 0.15) is 11.1 Å². The highest BCUT2D eigenvalue weighted by atomic mass is 32.2. The number of hydrogen-bond acceptors (Lipinski definition) is 5. The van der Waals surface area contributed by atoms with Gasteiger partial charge in [-0.2, -0.15) is 0 Å². The van der Waals surface area contributed by atoms with Gasteiger partial charge in [-0.1, -0.05) is 59.8 Å². The van der Waals surface area contributed by atoms with Crippen molar-refractivity contribution in [3.05, 3.63) is 71.5 Å². The van der Waals surface area contributed by atoms with Gasteiger partial charge in [-0.25, -0.2) is 4.68 Å². The average molecular weight is 365 g/mol. The minimum Gasteiger partial charge on any atom is -0.325 e. The van der Waals surface area contributed by atoms with E-state index in [-0.39, 0.29) is 17.2 Å². The first-order chi connectivity index (χ1) is 12.6. The van der Waals surface area contributed by atoms with Gasteiger partial charge in [0.15, 0.2) is 0 Å². The minimum absolute atomic E-state index is 0.0637. The van der Waals surface area contributed by atoms with Crippen LogP contribution in [0.1, 0.15) is 23.0 Å². The van der Waals surface area contributed by atoms with Gasteiger partial charge in [0.2, 0.25) is 11.1 Å². The van der Waals surface area contributed by atoms with E-state index >= 15 is 0 Å².